The molecule has 0 fully saturated rings. The second-order valence-electron chi connectivity index (χ2n) is 5.46. The predicted octanol–water partition coefficient (Wildman–Crippen LogP) is 1.73. The summed E-state index contributed by atoms with van der Waals surface area (Å²) in [4.78, 5) is 18.5. The first-order chi connectivity index (χ1) is 12.1. The minimum atomic E-state index is -0.722. The monoisotopic (exact) mass is 329 g/mol. The first-order valence-corrected chi connectivity index (χ1v) is 7.33. The van der Waals surface area contributed by atoms with Crippen LogP contribution >= 0.6 is 0 Å². The van der Waals surface area contributed by atoms with Crippen molar-refractivity contribution in [3.63, 3.8) is 0 Å². The average molecular weight is 329 g/mol. The third-order valence-corrected chi connectivity index (χ3v) is 3.96. The quantitative estimate of drug-likeness (QED) is 0.510. The number of nitrogen functional groups attached to an aromatic ring is 1. The summed E-state index contributed by atoms with van der Waals surface area (Å²) < 4.78 is 0. The smallest absolute Gasteiger partial charge is 0.271 e. The molecule has 120 valence electrons. The van der Waals surface area contributed by atoms with Crippen LogP contribution in [-0.2, 0) is 0 Å². The Kier molecular flexibility index (Phi) is 3.08. The number of rotatable bonds is 2. The molecular formula is C17H11N7O. The zero-order valence-electron chi connectivity index (χ0n) is 12.8. The summed E-state index contributed by atoms with van der Waals surface area (Å²) in [6, 6.07) is 13.0. The summed E-state index contributed by atoms with van der Waals surface area (Å²) >= 11 is 0. The topological polar surface area (TPSA) is 147 Å². The van der Waals surface area contributed by atoms with Gasteiger partial charge in [-0.15, -0.1) is 10.2 Å². The third kappa shape index (κ3) is 2.22. The molecular weight excluding hydrogens is 318 g/mol. The van der Waals surface area contributed by atoms with Gasteiger partial charge in [0.05, 0.1) is 16.7 Å². The normalized spacial score (nSPS) is 10.8. The maximum atomic E-state index is 11.4. The van der Waals surface area contributed by atoms with Gasteiger partial charge in [-0.05, 0) is 17.7 Å². The van der Waals surface area contributed by atoms with Gasteiger partial charge in [0, 0.05) is 10.9 Å². The molecule has 0 radical (unpaired) electrons. The van der Waals surface area contributed by atoms with Gasteiger partial charge in [-0.25, -0.2) is 4.98 Å². The van der Waals surface area contributed by atoms with Gasteiger partial charge < -0.3 is 16.5 Å². The molecule has 5 N–H and O–H groups in total. The molecule has 8 nitrogen and oxygen atoms in total. The third-order valence-electron chi connectivity index (χ3n) is 3.96. The number of carbonyl (C=O) groups excluding carboxylic acids is 1. The largest absolute Gasteiger partial charge is 0.396 e. The standard InChI is InChI=1S/C17H11N7O/c18-7-13-21-11-5-4-8(6-12(11)22-13)9-2-1-3-10-14(19)16(17(20)25)24-23-15(9)10/h1-6H,(H2,19,23)(H2,20,25)(H,21,22). The summed E-state index contributed by atoms with van der Waals surface area (Å²) in [5.74, 6) is -0.472. The zero-order chi connectivity index (χ0) is 17.6. The van der Waals surface area contributed by atoms with E-state index >= 15 is 0 Å². The van der Waals surface area contributed by atoms with E-state index in [1.807, 2.05) is 36.4 Å². The molecule has 0 saturated carbocycles. The molecule has 25 heavy (non-hydrogen) atoms. The fourth-order valence-electron chi connectivity index (χ4n) is 2.80. The molecule has 8 heteroatoms. The van der Waals surface area contributed by atoms with Gasteiger partial charge in [-0.2, -0.15) is 5.26 Å². The van der Waals surface area contributed by atoms with Crippen LogP contribution in [0, 0.1) is 11.3 Å². The number of hydrogen-bond acceptors (Lipinski definition) is 6. The van der Waals surface area contributed by atoms with Crippen LogP contribution in [-0.4, -0.2) is 26.1 Å². The molecule has 2 aromatic heterocycles. The van der Waals surface area contributed by atoms with Crippen LogP contribution in [0.25, 0.3) is 33.1 Å². The highest BCUT2D eigenvalue weighted by Crippen LogP contribution is 2.31. The van der Waals surface area contributed by atoms with Gasteiger partial charge in [-0.1, -0.05) is 24.3 Å². The number of amides is 1. The van der Waals surface area contributed by atoms with Crippen LogP contribution in [0.1, 0.15) is 16.3 Å². The van der Waals surface area contributed by atoms with Crippen LogP contribution in [0.3, 0.4) is 0 Å². The number of benzene rings is 2. The van der Waals surface area contributed by atoms with E-state index in [-0.39, 0.29) is 17.2 Å². The number of anilines is 1. The van der Waals surface area contributed by atoms with Crippen molar-refractivity contribution in [3.05, 3.63) is 47.9 Å². The van der Waals surface area contributed by atoms with Crippen LogP contribution in [0.5, 0.6) is 0 Å². The van der Waals surface area contributed by atoms with E-state index in [4.69, 9.17) is 16.7 Å². The number of fused-ring (bicyclic) bond motifs is 2. The number of aromatic amines is 1. The van der Waals surface area contributed by atoms with Crippen molar-refractivity contribution in [2.75, 3.05) is 5.73 Å². The van der Waals surface area contributed by atoms with Crippen LogP contribution in [0.4, 0.5) is 5.69 Å². The van der Waals surface area contributed by atoms with Crippen molar-refractivity contribution in [2.24, 2.45) is 5.73 Å². The molecule has 0 saturated heterocycles. The Morgan fingerprint density at radius 2 is 2.04 bits per heavy atom. The maximum absolute atomic E-state index is 11.4. The Morgan fingerprint density at radius 3 is 2.80 bits per heavy atom. The lowest BCUT2D eigenvalue weighted by Gasteiger charge is -2.09. The summed E-state index contributed by atoms with van der Waals surface area (Å²) in [5, 5.41) is 17.5. The van der Waals surface area contributed by atoms with E-state index in [0.717, 1.165) is 16.6 Å². The first-order valence-electron chi connectivity index (χ1n) is 7.33. The summed E-state index contributed by atoms with van der Waals surface area (Å²) in [6.07, 6.45) is 0. The average Bonchev–Trinajstić information content (AvgIpc) is 3.03. The number of imidazole rings is 1. The number of nitrogens with one attached hydrogen (secondary N) is 1. The maximum Gasteiger partial charge on any atom is 0.271 e. The number of carbonyl (C=O) groups is 1. The Balaban J connectivity index is 1.96. The molecule has 0 bridgehead atoms. The minimum absolute atomic E-state index is 0.0488. The van der Waals surface area contributed by atoms with Crippen molar-refractivity contribution in [1.29, 1.82) is 5.26 Å². The number of nitrogens with two attached hydrogens (primary N) is 2. The van der Waals surface area contributed by atoms with Gasteiger partial charge in [0.15, 0.2) is 5.69 Å². The van der Waals surface area contributed by atoms with Crippen molar-refractivity contribution in [3.8, 4) is 17.2 Å². The predicted molar refractivity (Wildman–Crippen MR) is 92.3 cm³/mol. The molecule has 4 aromatic rings. The van der Waals surface area contributed by atoms with Crippen molar-refractivity contribution >= 4 is 33.5 Å². The van der Waals surface area contributed by atoms with Crippen molar-refractivity contribution < 1.29 is 4.79 Å². The fraction of sp³-hybridized carbons (Fsp3) is 0. The molecule has 4 rings (SSSR count). The van der Waals surface area contributed by atoms with Crippen LogP contribution in [0.15, 0.2) is 36.4 Å². The Morgan fingerprint density at radius 1 is 1.20 bits per heavy atom. The number of aromatic nitrogens is 4. The number of nitriles is 1. The second-order valence-corrected chi connectivity index (χ2v) is 5.46. The Labute approximate surface area is 141 Å². The second kappa shape index (κ2) is 5.28. The number of H-pyrrole nitrogens is 1. The summed E-state index contributed by atoms with van der Waals surface area (Å²) in [5.41, 5.74) is 15.1. The van der Waals surface area contributed by atoms with Gasteiger partial charge in [0.2, 0.25) is 5.82 Å². The SMILES string of the molecule is N#Cc1nc2ccc(-c3cccc4c(N)c(C(N)=O)nnc34)cc2[nH]1. The van der Waals surface area contributed by atoms with E-state index < -0.39 is 5.91 Å². The fourth-order valence-corrected chi connectivity index (χ4v) is 2.80. The van der Waals surface area contributed by atoms with E-state index in [1.54, 1.807) is 6.07 Å². The molecule has 0 unspecified atom stereocenters. The first kappa shape index (κ1) is 14.6. The minimum Gasteiger partial charge on any atom is -0.396 e. The Bertz CT molecular complexity index is 1200. The summed E-state index contributed by atoms with van der Waals surface area (Å²) in [6.45, 7) is 0. The molecule has 2 aromatic carbocycles. The van der Waals surface area contributed by atoms with E-state index in [1.165, 1.54) is 0 Å². The lowest BCUT2D eigenvalue weighted by Crippen LogP contribution is -2.16. The van der Waals surface area contributed by atoms with E-state index in [9.17, 15) is 4.79 Å². The Hall–Kier alpha value is -3.99. The lowest BCUT2D eigenvalue weighted by molar-refractivity contribution is 0.0996. The molecule has 0 aliphatic rings. The summed E-state index contributed by atoms with van der Waals surface area (Å²) in [7, 11) is 0. The highest BCUT2D eigenvalue weighted by Gasteiger charge is 2.15. The van der Waals surface area contributed by atoms with E-state index in [2.05, 4.69) is 20.2 Å². The van der Waals surface area contributed by atoms with E-state index in [0.29, 0.717) is 16.4 Å². The number of hydrogen-bond donors (Lipinski definition) is 3. The van der Waals surface area contributed by atoms with Crippen molar-refractivity contribution in [2.45, 2.75) is 0 Å². The van der Waals surface area contributed by atoms with Crippen LogP contribution < -0.4 is 11.5 Å². The number of primary amides is 1. The van der Waals surface area contributed by atoms with Gasteiger partial charge in [0.25, 0.3) is 5.91 Å². The van der Waals surface area contributed by atoms with Crippen LogP contribution in [0.2, 0.25) is 0 Å². The molecule has 2 heterocycles. The van der Waals surface area contributed by atoms with Gasteiger partial charge in [0.1, 0.15) is 11.6 Å². The molecule has 0 spiro atoms. The molecule has 0 aliphatic heterocycles. The van der Waals surface area contributed by atoms with Gasteiger partial charge in [-0.3, -0.25) is 4.79 Å². The molecule has 1 amide bonds. The highest BCUT2D eigenvalue weighted by atomic mass is 16.1. The molecule has 0 aliphatic carbocycles. The zero-order valence-corrected chi connectivity index (χ0v) is 12.8. The highest BCUT2D eigenvalue weighted by molar-refractivity contribution is 6.07. The van der Waals surface area contributed by atoms with Gasteiger partial charge >= 0.3 is 0 Å². The lowest BCUT2D eigenvalue weighted by atomic mass is 10.0. The number of nitrogens with zero attached hydrogens (tertiary/aromatic N) is 4. The van der Waals surface area contributed by atoms with Crippen molar-refractivity contribution in [1.82, 2.24) is 20.2 Å². The molecule has 0 atom stereocenters.